The van der Waals surface area contributed by atoms with Gasteiger partial charge in [-0.25, -0.2) is 0 Å². The second-order valence-corrected chi connectivity index (χ2v) is 18.8. The lowest BCUT2D eigenvalue weighted by Crippen LogP contribution is -2.30. The molecule has 0 radical (unpaired) electrons. The number of esters is 3. The summed E-state index contributed by atoms with van der Waals surface area (Å²) in [4.78, 5) is 38.1. The van der Waals surface area contributed by atoms with Gasteiger partial charge in [0.15, 0.2) is 6.10 Å². The Morgan fingerprint density at radius 1 is 0.309 bits per heavy atom. The smallest absolute Gasteiger partial charge is 0.306 e. The third-order valence-corrected chi connectivity index (χ3v) is 12.1. The largest absolute Gasteiger partial charge is 0.462 e. The molecule has 0 spiro atoms. The molecule has 0 aliphatic heterocycles. The molecule has 0 aliphatic carbocycles. The van der Waals surface area contributed by atoms with Crippen molar-refractivity contribution in [2.45, 2.75) is 277 Å². The van der Waals surface area contributed by atoms with E-state index in [0.717, 1.165) is 109 Å². The summed E-state index contributed by atoms with van der Waals surface area (Å²) in [7, 11) is 0. The van der Waals surface area contributed by atoms with Crippen molar-refractivity contribution in [2.75, 3.05) is 13.2 Å². The SMILES string of the molecule is CC/C=C\C/C=C\C/C=C\C/C=C\CCCCCCCCCCC(=O)OCC(COC(=O)CCCCCCC/C=C\CCCC)OC(=O)CCCCCCCCC/C=C\C/C=C\CCCCCC. The fourth-order valence-corrected chi connectivity index (χ4v) is 7.80. The van der Waals surface area contributed by atoms with Crippen molar-refractivity contribution in [3.05, 3.63) is 85.1 Å². The highest BCUT2D eigenvalue weighted by molar-refractivity contribution is 5.71. The van der Waals surface area contributed by atoms with Gasteiger partial charge in [-0.15, -0.1) is 0 Å². The second-order valence-electron chi connectivity index (χ2n) is 18.8. The van der Waals surface area contributed by atoms with Gasteiger partial charge < -0.3 is 14.2 Å². The summed E-state index contributed by atoms with van der Waals surface area (Å²) >= 11 is 0. The zero-order valence-electron chi connectivity index (χ0n) is 44.6. The van der Waals surface area contributed by atoms with Crippen molar-refractivity contribution in [2.24, 2.45) is 0 Å². The van der Waals surface area contributed by atoms with Crippen LogP contribution >= 0.6 is 0 Å². The second kappa shape index (κ2) is 56.2. The van der Waals surface area contributed by atoms with Crippen LogP contribution in [0.15, 0.2) is 85.1 Å². The number of hydrogen-bond acceptors (Lipinski definition) is 6. The number of allylic oxidation sites excluding steroid dienone is 14. The summed E-state index contributed by atoms with van der Waals surface area (Å²) in [6.07, 6.45) is 72.8. The Labute approximate surface area is 420 Å². The van der Waals surface area contributed by atoms with Crippen LogP contribution in [-0.2, 0) is 28.6 Å². The molecular formula is C62H106O6. The Balaban J connectivity index is 4.36. The van der Waals surface area contributed by atoms with Crippen LogP contribution in [0.5, 0.6) is 0 Å². The highest BCUT2D eigenvalue weighted by Crippen LogP contribution is 2.15. The minimum atomic E-state index is -0.788. The number of ether oxygens (including phenoxy) is 3. The minimum absolute atomic E-state index is 0.0866. The molecule has 0 aromatic carbocycles. The average molecular weight is 948 g/mol. The normalized spacial score (nSPS) is 12.7. The van der Waals surface area contributed by atoms with Gasteiger partial charge in [0.2, 0.25) is 0 Å². The van der Waals surface area contributed by atoms with Gasteiger partial charge in [0, 0.05) is 19.3 Å². The Bertz CT molecular complexity index is 1320. The standard InChI is InChI=1S/C62H106O6/c1-4-7-10-13-16-19-22-24-26-28-30-31-32-34-35-37-40-43-46-49-52-55-61(64)67-58-59(57-66-60(63)54-51-48-45-42-39-21-18-15-12-9-6-3)68-62(65)56-53-50-47-44-41-38-36-33-29-27-25-23-20-17-14-11-8-5-2/h7,10,15-16,18-20,23-24,26-27,29-31,59H,4-6,8-9,11-14,17,21-22,25,28,32-58H2,1-3H3/b10-7-,18-15-,19-16-,23-20-,26-24-,29-27-,31-30-. The van der Waals surface area contributed by atoms with E-state index in [2.05, 4.69) is 106 Å². The van der Waals surface area contributed by atoms with Crippen molar-refractivity contribution < 1.29 is 28.6 Å². The monoisotopic (exact) mass is 947 g/mol. The van der Waals surface area contributed by atoms with E-state index >= 15 is 0 Å². The molecule has 0 aliphatic rings. The zero-order chi connectivity index (χ0) is 49.3. The van der Waals surface area contributed by atoms with Crippen LogP contribution in [0, 0.1) is 0 Å². The fourth-order valence-electron chi connectivity index (χ4n) is 7.80. The van der Waals surface area contributed by atoms with Gasteiger partial charge in [-0.2, -0.15) is 0 Å². The van der Waals surface area contributed by atoms with E-state index in [9.17, 15) is 14.4 Å². The Kier molecular flexibility index (Phi) is 53.4. The number of carbonyl (C=O) groups excluding carboxylic acids is 3. The molecule has 0 rings (SSSR count). The summed E-state index contributed by atoms with van der Waals surface area (Å²) in [5, 5.41) is 0. The Morgan fingerprint density at radius 2 is 0.588 bits per heavy atom. The van der Waals surface area contributed by atoms with Crippen LogP contribution in [0.1, 0.15) is 271 Å². The van der Waals surface area contributed by atoms with Gasteiger partial charge in [0.1, 0.15) is 13.2 Å². The maximum absolute atomic E-state index is 12.8. The van der Waals surface area contributed by atoms with Gasteiger partial charge in [-0.3, -0.25) is 14.4 Å². The molecular weight excluding hydrogens is 841 g/mol. The molecule has 0 fully saturated rings. The molecule has 0 N–H and O–H groups in total. The molecule has 6 nitrogen and oxygen atoms in total. The molecule has 0 heterocycles. The first-order valence-electron chi connectivity index (χ1n) is 28.6. The first-order valence-corrected chi connectivity index (χ1v) is 28.6. The van der Waals surface area contributed by atoms with E-state index in [1.807, 2.05) is 0 Å². The van der Waals surface area contributed by atoms with E-state index in [1.54, 1.807) is 0 Å². The maximum atomic E-state index is 12.8. The molecule has 0 aromatic rings. The lowest BCUT2D eigenvalue weighted by Gasteiger charge is -2.18. The lowest BCUT2D eigenvalue weighted by molar-refractivity contribution is -0.167. The number of hydrogen-bond donors (Lipinski definition) is 0. The van der Waals surface area contributed by atoms with E-state index in [0.29, 0.717) is 19.3 Å². The fraction of sp³-hybridized carbons (Fsp3) is 0.726. The van der Waals surface area contributed by atoms with E-state index in [-0.39, 0.29) is 31.1 Å². The van der Waals surface area contributed by atoms with Gasteiger partial charge in [-0.1, -0.05) is 228 Å². The van der Waals surface area contributed by atoms with Crippen molar-refractivity contribution in [1.29, 1.82) is 0 Å². The predicted octanol–water partition coefficient (Wildman–Crippen LogP) is 19.2. The third-order valence-electron chi connectivity index (χ3n) is 12.1. The summed E-state index contributed by atoms with van der Waals surface area (Å²) < 4.78 is 16.8. The molecule has 0 saturated heterocycles. The molecule has 1 unspecified atom stereocenters. The van der Waals surface area contributed by atoms with Crippen molar-refractivity contribution in [3.63, 3.8) is 0 Å². The highest BCUT2D eigenvalue weighted by Gasteiger charge is 2.19. The van der Waals surface area contributed by atoms with Crippen LogP contribution in [0.3, 0.4) is 0 Å². The zero-order valence-corrected chi connectivity index (χ0v) is 44.6. The first kappa shape index (κ1) is 64.6. The van der Waals surface area contributed by atoms with Crippen LogP contribution in [-0.4, -0.2) is 37.2 Å². The maximum Gasteiger partial charge on any atom is 0.306 e. The Hall–Kier alpha value is -3.41. The quantitative estimate of drug-likeness (QED) is 0.0262. The topological polar surface area (TPSA) is 78.9 Å². The number of rotatable bonds is 51. The summed E-state index contributed by atoms with van der Waals surface area (Å²) in [6, 6.07) is 0. The lowest BCUT2D eigenvalue weighted by atomic mass is 10.1. The summed E-state index contributed by atoms with van der Waals surface area (Å²) in [5.74, 6) is -0.907. The van der Waals surface area contributed by atoms with E-state index in [1.165, 1.54) is 122 Å². The molecule has 6 heteroatoms. The van der Waals surface area contributed by atoms with Gasteiger partial charge in [0.05, 0.1) is 0 Å². The van der Waals surface area contributed by atoms with Crippen molar-refractivity contribution >= 4 is 17.9 Å². The van der Waals surface area contributed by atoms with Crippen molar-refractivity contribution in [3.8, 4) is 0 Å². The van der Waals surface area contributed by atoms with E-state index < -0.39 is 6.10 Å². The first-order chi connectivity index (χ1) is 33.5. The number of unbranched alkanes of at least 4 members (excludes halogenated alkanes) is 26. The summed E-state index contributed by atoms with van der Waals surface area (Å²) in [5.41, 5.74) is 0. The molecule has 68 heavy (non-hydrogen) atoms. The molecule has 0 bridgehead atoms. The molecule has 0 amide bonds. The van der Waals surface area contributed by atoms with Crippen molar-refractivity contribution in [1.82, 2.24) is 0 Å². The van der Waals surface area contributed by atoms with Gasteiger partial charge in [-0.05, 0) is 109 Å². The van der Waals surface area contributed by atoms with Gasteiger partial charge >= 0.3 is 17.9 Å². The van der Waals surface area contributed by atoms with Crippen LogP contribution < -0.4 is 0 Å². The predicted molar refractivity (Wildman–Crippen MR) is 293 cm³/mol. The number of carbonyl (C=O) groups is 3. The highest BCUT2D eigenvalue weighted by atomic mass is 16.6. The average Bonchev–Trinajstić information content (AvgIpc) is 3.34. The van der Waals surface area contributed by atoms with Crippen LogP contribution in [0.25, 0.3) is 0 Å². The van der Waals surface area contributed by atoms with Crippen LogP contribution in [0.4, 0.5) is 0 Å². The molecule has 0 saturated carbocycles. The molecule has 390 valence electrons. The van der Waals surface area contributed by atoms with Crippen LogP contribution in [0.2, 0.25) is 0 Å². The Morgan fingerprint density at radius 3 is 0.956 bits per heavy atom. The molecule has 0 aromatic heterocycles. The minimum Gasteiger partial charge on any atom is -0.462 e. The third kappa shape index (κ3) is 53.5. The van der Waals surface area contributed by atoms with Gasteiger partial charge in [0.25, 0.3) is 0 Å². The summed E-state index contributed by atoms with van der Waals surface area (Å²) in [6.45, 7) is 6.46. The van der Waals surface area contributed by atoms with E-state index in [4.69, 9.17) is 14.2 Å². The molecule has 1 atom stereocenters.